The van der Waals surface area contributed by atoms with Gasteiger partial charge >= 0.3 is 5.97 Å². The minimum Gasteiger partial charge on any atom is -0.480 e. The molecular formula is C31H46FNO6. The van der Waals surface area contributed by atoms with E-state index in [4.69, 9.17) is 14.2 Å². The number of fused-ring (bicyclic) bond motifs is 2. The van der Waals surface area contributed by atoms with Crippen molar-refractivity contribution >= 4 is 12.3 Å². The van der Waals surface area contributed by atoms with Gasteiger partial charge in [0.05, 0.1) is 35.9 Å². The molecule has 4 aliphatic carbocycles. The Hall–Kier alpha value is -1.61. The van der Waals surface area contributed by atoms with Crippen LogP contribution in [0.3, 0.4) is 0 Å². The third kappa shape index (κ3) is 3.95. The molecule has 1 saturated heterocycles. The predicted octanol–water partition coefficient (Wildman–Crippen LogP) is 4.31. The molecule has 0 spiro atoms. The number of carbonyl (C=O) groups excluding carboxylic acids is 1. The molecule has 1 heterocycles. The molecule has 0 aromatic heterocycles. The van der Waals surface area contributed by atoms with Crippen LogP contribution in [-0.4, -0.2) is 86.2 Å². The summed E-state index contributed by atoms with van der Waals surface area (Å²) in [6.45, 7) is 13.2. The highest BCUT2D eigenvalue weighted by Crippen LogP contribution is 2.80. The van der Waals surface area contributed by atoms with Crippen LogP contribution in [0.5, 0.6) is 0 Å². The van der Waals surface area contributed by atoms with Crippen molar-refractivity contribution in [2.24, 2.45) is 40.4 Å². The molecule has 39 heavy (non-hydrogen) atoms. The van der Waals surface area contributed by atoms with Crippen molar-refractivity contribution in [2.75, 3.05) is 40.0 Å². The van der Waals surface area contributed by atoms with Crippen LogP contribution >= 0.6 is 0 Å². The summed E-state index contributed by atoms with van der Waals surface area (Å²) in [5.41, 5.74) is -1.99. The quantitative estimate of drug-likeness (QED) is 0.322. The number of aldehydes is 1. The van der Waals surface area contributed by atoms with Gasteiger partial charge in [0.15, 0.2) is 0 Å². The van der Waals surface area contributed by atoms with Gasteiger partial charge in [-0.25, -0.2) is 4.39 Å². The molecule has 0 unspecified atom stereocenters. The number of halogens is 1. The highest BCUT2D eigenvalue weighted by atomic mass is 19.1. The third-order valence-electron chi connectivity index (χ3n) is 11.1. The largest absolute Gasteiger partial charge is 0.480 e. The lowest BCUT2D eigenvalue weighted by Gasteiger charge is -2.58. The first-order valence-corrected chi connectivity index (χ1v) is 14.7. The number of aliphatic carboxylic acids is 1. The first kappa shape index (κ1) is 28.9. The van der Waals surface area contributed by atoms with Gasteiger partial charge in [-0.1, -0.05) is 45.4 Å². The Bertz CT molecular complexity index is 1030. The second kappa shape index (κ2) is 10.3. The molecule has 1 N–H and O–H groups in total. The number of rotatable bonds is 10. The molecule has 0 aromatic rings. The van der Waals surface area contributed by atoms with Crippen LogP contribution in [0.1, 0.15) is 53.4 Å². The topological polar surface area (TPSA) is 85.3 Å². The third-order valence-corrected chi connectivity index (χ3v) is 11.1. The maximum absolute atomic E-state index is 13.6. The lowest BCUT2D eigenvalue weighted by Crippen LogP contribution is -2.66. The van der Waals surface area contributed by atoms with Gasteiger partial charge in [-0.2, -0.15) is 0 Å². The number of carboxylic acids is 1. The zero-order chi connectivity index (χ0) is 28.3. The zero-order valence-corrected chi connectivity index (χ0v) is 24.2. The molecule has 5 aliphatic rings. The number of carboxylic acid groups (broad SMARTS) is 1. The summed E-state index contributed by atoms with van der Waals surface area (Å²) in [4.78, 5) is 28.9. The highest BCUT2D eigenvalue weighted by molar-refractivity contribution is 5.91. The van der Waals surface area contributed by atoms with Crippen LogP contribution in [0.2, 0.25) is 0 Å². The van der Waals surface area contributed by atoms with E-state index in [1.54, 1.807) is 7.11 Å². The lowest BCUT2D eigenvalue weighted by atomic mass is 9.45. The van der Waals surface area contributed by atoms with E-state index >= 15 is 0 Å². The molecule has 4 fully saturated rings. The summed E-state index contributed by atoms with van der Waals surface area (Å²) < 4.78 is 32.4. The first-order chi connectivity index (χ1) is 18.5. The fourth-order valence-electron chi connectivity index (χ4n) is 9.65. The fraction of sp³-hybridized carbons (Fsp3) is 0.806. The van der Waals surface area contributed by atoms with Gasteiger partial charge in [-0.15, -0.1) is 0 Å². The Balaban J connectivity index is 1.51. The van der Waals surface area contributed by atoms with E-state index < -0.39 is 29.1 Å². The molecule has 7 nitrogen and oxygen atoms in total. The number of ether oxygens (including phenoxy) is 3. The summed E-state index contributed by atoms with van der Waals surface area (Å²) in [5.74, 6) is -0.340. The molecule has 0 amide bonds. The molecule has 5 rings (SSSR count). The molecule has 218 valence electrons. The summed E-state index contributed by atoms with van der Waals surface area (Å²) in [7, 11) is 1.65. The van der Waals surface area contributed by atoms with Gasteiger partial charge in [-0.05, 0) is 55.4 Å². The summed E-state index contributed by atoms with van der Waals surface area (Å²) in [5, 5.41) is 11.1. The van der Waals surface area contributed by atoms with Gasteiger partial charge < -0.3 is 24.1 Å². The van der Waals surface area contributed by atoms with Crippen molar-refractivity contribution in [3.8, 4) is 0 Å². The highest BCUT2D eigenvalue weighted by Gasteiger charge is 2.85. The zero-order valence-electron chi connectivity index (χ0n) is 24.2. The van der Waals surface area contributed by atoms with E-state index in [0.29, 0.717) is 44.0 Å². The summed E-state index contributed by atoms with van der Waals surface area (Å²) in [6, 6.07) is 0. The van der Waals surface area contributed by atoms with Crippen molar-refractivity contribution in [2.45, 2.75) is 77.3 Å². The van der Waals surface area contributed by atoms with Gasteiger partial charge in [-0.3, -0.25) is 9.69 Å². The molecule has 10 atom stereocenters. The van der Waals surface area contributed by atoms with E-state index in [1.807, 2.05) is 20.8 Å². The van der Waals surface area contributed by atoms with Crippen molar-refractivity contribution in [3.05, 3.63) is 23.8 Å². The van der Waals surface area contributed by atoms with Crippen molar-refractivity contribution in [3.63, 3.8) is 0 Å². The smallest absolute Gasteiger partial charge is 0.317 e. The van der Waals surface area contributed by atoms with Crippen LogP contribution in [0.15, 0.2) is 23.8 Å². The SMILES string of the molecule is C=C(CF)CN1C[C@H](CO[C@@]23C[C@@H]4[C@H](C)CC[C@H]4[C@@]4(C=O)C[C@@H]2C=C(C(C)C)[C@@]34C(=O)O)O[C@H](C)[C@@H](OC)C1. The minimum atomic E-state index is -1.38. The maximum Gasteiger partial charge on any atom is 0.317 e. The first-order valence-electron chi connectivity index (χ1n) is 14.7. The minimum absolute atomic E-state index is 0.0112. The molecule has 0 aromatic carbocycles. The summed E-state index contributed by atoms with van der Waals surface area (Å²) in [6.07, 6.45) is 5.46. The maximum atomic E-state index is 13.6. The number of methoxy groups -OCH3 is 1. The predicted molar refractivity (Wildman–Crippen MR) is 145 cm³/mol. The number of alkyl halides is 1. The Morgan fingerprint density at radius 2 is 2.05 bits per heavy atom. The van der Waals surface area contributed by atoms with Crippen LogP contribution in [0, 0.1) is 40.4 Å². The van der Waals surface area contributed by atoms with E-state index in [2.05, 4.69) is 24.5 Å². The van der Waals surface area contributed by atoms with Gasteiger partial charge in [0, 0.05) is 32.7 Å². The Morgan fingerprint density at radius 1 is 1.31 bits per heavy atom. The van der Waals surface area contributed by atoms with Gasteiger partial charge in [0.2, 0.25) is 0 Å². The number of nitrogens with zero attached hydrogens (tertiary/aromatic N) is 1. The van der Waals surface area contributed by atoms with Crippen LogP contribution < -0.4 is 0 Å². The van der Waals surface area contributed by atoms with Gasteiger partial charge in [0.1, 0.15) is 18.4 Å². The van der Waals surface area contributed by atoms with Gasteiger partial charge in [0.25, 0.3) is 0 Å². The normalized spacial score (nSPS) is 45.2. The molecule has 4 bridgehead atoms. The van der Waals surface area contributed by atoms with E-state index in [0.717, 1.165) is 24.7 Å². The Kier molecular flexibility index (Phi) is 7.66. The summed E-state index contributed by atoms with van der Waals surface area (Å²) >= 11 is 0. The molecular weight excluding hydrogens is 501 g/mol. The Labute approximate surface area is 232 Å². The fourth-order valence-corrected chi connectivity index (χ4v) is 9.65. The number of hydrogen-bond donors (Lipinski definition) is 1. The number of carbonyl (C=O) groups is 2. The monoisotopic (exact) mass is 547 g/mol. The van der Waals surface area contributed by atoms with Crippen LogP contribution in [0.4, 0.5) is 4.39 Å². The second-order valence-electron chi connectivity index (χ2n) is 13.3. The average Bonchev–Trinajstić information content (AvgIpc) is 3.42. The molecule has 1 aliphatic heterocycles. The lowest BCUT2D eigenvalue weighted by molar-refractivity contribution is -0.218. The number of hydrogen-bond acceptors (Lipinski definition) is 6. The van der Waals surface area contributed by atoms with E-state index in [9.17, 15) is 19.1 Å². The second-order valence-corrected chi connectivity index (χ2v) is 13.3. The molecule has 0 radical (unpaired) electrons. The van der Waals surface area contributed by atoms with Crippen LogP contribution in [-0.2, 0) is 23.8 Å². The standard InChI is InChI=1S/C31H46FNO6/c1-18(2)26-9-22-10-29(17-34)25-8-7-20(4)24(25)11-30(22,31(26,29)28(35)36)38-16-23-14-33(13-19(3)12-32)15-27(37-6)21(5)39-23/h9,17-18,20-25,27H,3,7-8,10-16H2,1-2,4-6H3,(H,35,36)/t20-,21-,22+,23-,24-,25-,27+,29+,30+,31+/m1/s1. The van der Waals surface area contributed by atoms with Crippen molar-refractivity contribution < 1.29 is 33.3 Å². The average molecular weight is 548 g/mol. The Morgan fingerprint density at radius 3 is 2.67 bits per heavy atom. The van der Waals surface area contributed by atoms with E-state index in [-0.39, 0.29) is 48.6 Å². The van der Waals surface area contributed by atoms with Crippen molar-refractivity contribution in [1.82, 2.24) is 4.90 Å². The van der Waals surface area contributed by atoms with Crippen LogP contribution in [0.25, 0.3) is 0 Å². The molecule has 8 heteroatoms. The molecule has 3 saturated carbocycles. The van der Waals surface area contributed by atoms with Crippen molar-refractivity contribution in [1.29, 1.82) is 0 Å². The van der Waals surface area contributed by atoms with E-state index in [1.165, 1.54) is 0 Å².